The van der Waals surface area contributed by atoms with Crippen LogP contribution in [0.25, 0.3) is 0 Å². The van der Waals surface area contributed by atoms with E-state index < -0.39 is 0 Å². The Hall–Kier alpha value is -1.28. The van der Waals surface area contributed by atoms with Gasteiger partial charge in [0.2, 0.25) is 0 Å². The molecule has 0 saturated carbocycles. The molecule has 0 aliphatic rings. The van der Waals surface area contributed by atoms with E-state index in [0.29, 0.717) is 0 Å². The second-order valence-corrected chi connectivity index (χ2v) is 5.34. The van der Waals surface area contributed by atoms with E-state index in [1.54, 1.807) is 7.11 Å². The third kappa shape index (κ3) is 2.45. The largest absolute Gasteiger partial charge is 0.496 e. The van der Waals surface area contributed by atoms with Crippen molar-refractivity contribution in [2.24, 2.45) is 0 Å². The number of aryl methyl sites for hydroxylation is 2. The van der Waals surface area contributed by atoms with Gasteiger partial charge in [0.15, 0.2) is 0 Å². The van der Waals surface area contributed by atoms with Gasteiger partial charge in [0.1, 0.15) is 5.75 Å². The summed E-state index contributed by atoms with van der Waals surface area (Å²) in [6.45, 7) is 4.21. The van der Waals surface area contributed by atoms with Crippen molar-refractivity contribution < 1.29 is 4.74 Å². The molecule has 0 fully saturated rings. The van der Waals surface area contributed by atoms with Gasteiger partial charge in [-0.2, -0.15) is 0 Å². The SMILES string of the molecule is COc1cc(Cc2ccc(C)cc2)sc1C. The zero-order chi connectivity index (χ0) is 11.5. The van der Waals surface area contributed by atoms with Crippen molar-refractivity contribution in [1.82, 2.24) is 0 Å². The molecule has 1 aromatic heterocycles. The topological polar surface area (TPSA) is 9.23 Å². The number of hydrogen-bond donors (Lipinski definition) is 0. The van der Waals surface area contributed by atoms with Crippen molar-refractivity contribution in [2.75, 3.05) is 7.11 Å². The van der Waals surface area contributed by atoms with Gasteiger partial charge in [0.05, 0.1) is 7.11 Å². The summed E-state index contributed by atoms with van der Waals surface area (Å²) in [7, 11) is 1.73. The van der Waals surface area contributed by atoms with Crippen LogP contribution < -0.4 is 4.74 Å². The molecule has 16 heavy (non-hydrogen) atoms. The average Bonchev–Trinajstić information content (AvgIpc) is 2.62. The Morgan fingerprint density at radius 3 is 2.38 bits per heavy atom. The number of hydrogen-bond acceptors (Lipinski definition) is 2. The van der Waals surface area contributed by atoms with Crippen LogP contribution >= 0.6 is 11.3 Å². The van der Waals surface area contributed by atoms with Crippen molar-refractivity contribution in [3.63, 3.8) is 0 Å². The van der Waals surface area contributed by atoms with E-state index in [1.165, 1.54) is 20.9 Å². The standard InChI is InChI=1S/C14H16OS/c1-10-4-6-12(7-5-10)8-13-9-14(15-3)11(2)16-13/h4-7,9H,8H2,1-3H3. The van der Waals surface area contributed by atoms with Crippen LogP contribution in [0.5, 0.6) is 5.75 Å². The normalized spacial score (nSPS) is 10.4. The lowest BCUT2D eigenvalue weighted by atomic mass is 10.1. The molecule has 0 radical (unpaired) electrons. The molecular formula is C14H16OS. The predicted molar refractivity (Wildman–Crippen MR) is 69.6 cm³/mol. The zero-order valence-electron chi connectivity index (χ0n) is 9.91. The Labute approximate surface area is 101 Å². The molecule has 0 unspecified atom stereocenters. The first-order chi connectivity index (χ1) is 7.69. The Balaban J connectivity index is 2.17. The van der Waals surface area contributed by atoms with E-state index in [-0.39, 0.29) is 0 Å². The van der Waals surface area contributed by atoms with Gasteiger partial charge in [-0.1, -0.05) is 29.8 Å². The number of ether oxygens (including phenoxy) is 1. The number of benzene rings is 1. The fraction of sp³-hybridized carbons (Fsp3) is 0.286. The third-order valence-corrected chi connectivity index (χ3v) is 3.67. The molecule has 0 aliphatic carbocycles. The molecule has 2 aromatic rings. The van der Waals surface area contributed by atoms with Gasteiger partial charge in [-0.25, -0.2) is 0 Å². The summed E-state index contributed by atoms with van der Waals surface area (Å²) in [6.07, 6.45) is 0.995. The fourth-order valence-electron chi connectivity index (χ4n) is 1.72. The van der Waals surface area contributed by atoms with E-state index in [0.717, 1.165) is 12.2 Å². The minimum absolute atomic E-state index is 0.995. The summed E-state index contributed by atoms with van der Waals surface area (Å²) < 4.78 is 5.29. The maximum Gasteiger partial charge on any atom is 0.132 e. The van der Waals surface area contributed by atoms with E-state index in [1.807, 2.05) is 11.3 Å². The maximum absolute atomic E-state index is 5.29. The summed E-state index contributed by atoms with van der Waals surface area (Å²) in [5.41, 5.74) is 2.66. The lowest BCUT2D eigenvalue weighted by molar-refractivity contribution is 0.414. The number of thiophene rings is 1. The van der Waals surface area contributed by atoms with Gasteiger partial charge in [0, 0.05) is 16.2 Å². The molecule has 0 aliphatic heterocycles. The van der Waals surface area contributed by atoms with Gasteiger partial charge in [-0.05, 0) is 25.5 Å². The molecule has 1 heterocycles. The summed E-state index contributed by atoms with van der Waals surface area (Å²) in [5, 5.41) is 0. The Kier molecular flexibility index (Phi) is 3.30. The first-order valence-corrected chi connectivity index (χ1v) is 6.19. The highest BCUT2D eigenvalue weighted by molar-refractivity contribution is 7.12. The van der Waals surface area contributed by atoms with Crippen molar-refractivity contribution >= 4 is 11.3 Å². The van der Waals surface area contributed by atoms with Crippen LogP contribution in [-0.2, 0) is 6.42 Å². The Morgan fingerprint density at radius 2 is 1.81 bits per heavy atom. The van der Waals surface area contributed by atoms with Crippen LogP contribution in [0, 0.1) is 13.8 Å². The molecular weight excluding hydrogens is 216 g/mol. The summed E-state index contributed by atoms with van der Waals surface area (Å²) in [4.78, 5) is 2.61. The second-order valence-electron chi connectivity index (χ2n) is 4.00. The van der Waals surface area contributed by atoms with Crippen LogP contribution in [0.15, 0.2) is 30.3 Å². The molecule has 1 aromatic carbocycles. The van der Waals surface area contributed by atoms with Gasteiger partial charge >= 0.3 is 0 Å². The van der Waals surface area contributed by atoms with Crippen LogP contribution in [-0.4, -0.2) is 7.11 Å². The Morgan fingerprint density at radius 1 is 1.12 bits per heavy atom. The minimum atomic E-state index is 0.995. The smallest absolute Gasteiger partial charge is 0.132 e. The average molecular weight is 232 g/mol. The molecule has 0 spiro atoms. The summed E-state index contributed by atoms with van der Waals surface area (Å²) in [5.74, 6) is 1.01. The second kappa shape index (κ2) is 4.71. The molecule has 2 rings (SSSR count). The monoisotopic (exact) mass is 232 g/mol. The first-order valence-electron chi connectivity index (χ1n) is 5.38. The molecule has 0 saturated heterocycles. The molecule has 0 N–H and O–H groups in total. The fourth-order valence-corrected chi connectivity index (χ4v) is 2.76. The lowest BCUT2D eigenvalue weighted by Gasteiger charge is -1.99. The minimum Gasteiger partial charge on any atom is -0.496 e. The quantitative estimate of drug-likeness (QED) is 0.778. The van der Waals surface area contributed by atoms with Crippen LogP contribution in [0.3, 0.4) is 0 Å². The van der Waals surface area contributed by atoms with Gasteiger partial charge in [-0.3, -0.25) is 0 Å². The van der Waals surface area contributed by atoms with Crippen LogP contribution in [0.1, 0.15) is 20.9 Å². The van der Waals surface area contributed by atoms with Gasteiger partial charge < -0.3 is 4.74 Å². The first kappa shape index (κ1) is 11.2. The van der Waals surface area contributed by atoms with E-state index in [4.69, 9.17) is 4.74 Å². The zero-order valence-corrected chi connectivity index (χ0v) is 10.7. The lowest BCUT2D eigenvalue weighted by Crippen LogP contribution is -1.84. The highest BCUT2D eigenvalue weighted by Crippen LogP contribution is 2.29. The van der Waals surface area contributed by atoms with Crippen molar-refractivity contribution in [2.45, 2.75) is 20.3 Å². The van der Waals surface area contributed by atoms with E-state index >= 15 is 0 Å². The number of rotatable bonds is 3. The molecule has 0 bridgehead atoms. The van der Waals surface area contributed by atoms with Gasteiger partial charge in [-0.15, -0.1) is 11.3 Å². The molecule has 2 heteroatoms. The predicted octanol–water partition coefficient (Wildman–Crippen LogP) is 3.96. The van der Waals surface area contributed by atoms with Gasteiger partial charge in [0.25, 0.3) is 0 Å². The van der Waals surface area contributed by atoms with Crippen LogP contribution in [0.4, 0.5) is 0 Å². The molecule has 0 atom stereocenters. The van der Waals surface area contributed by atoms with E-state index in [9.17, 15) is 0 Å². The summed E-state index contributed by atoms with van der Waals surface area (Å²) >= 11 is 1.81. The molecule has 84 valence electrons. The Bertz CT molecular complexity index is 468. The maximum atomic E-state index is 5.29. The molecule has 0 amide bonds. The summed E-state index contributed by atoms with van der Waals surface area (Å²) in [6, 6.07) is 10.8. The molecule has 1 nitrogen and oxygen atoms in total. The highest BCUT2D eigenvalue weighted by atomic mass is 32.1. The van der Waals surface area contributed by atoms with Crippen molar-refractivity contribution in [3.8, 4) is 5.75 Å². The number of methoxy groups -OCH3 is 1. The van der Waals surface area contributed by atoms with Crippen LogP contribution in [0.2, 0.25) is 0 Å². The highest BCUT2D eigenvalue weighted by Gasteiger charge is 2.05. The third-order valence-electron chi connectivity index (χ3n) is 2.64. The van der Waals surface area contributed by atoms with E-state index in [2.05, 4.69) is 44.2 Å². The van der Waals surface area contributed by atoms with Crippen molar-refractivity contribution in [3.05, 3.63) is 51.2 Å². The van der Waals surface area contributed by atoms with Crippen molar-refractivity contribution in [1.29, 1.82) is 0 Å².